The third-order valence-electron chi connectivity index (χ3n) is 8.13. The van der Waals surface area contributed by atoms with Crippen LogP contribution in [-0.4, -0.2) is 44.9 Å². The Morgan fingerprint density at radius 2 is 1.86 bits per heavy atom. The lowest BCUT2D eigenvalue weighted by Gasteiger charge is -2.52. The Kier molecular flexibility index (Phi) is 6.08. The molecule has 4 rings (SSSR count). The molecule has 2 unspecified atom stereocenters. The highest BCUT2D eigenvalue weighted by molar-refractivity contribution is 6.31. The van der Waals surface area contributed by atoms with E-state index in [9.17, 15) is 34.2 Å². The Balaban J connectivity index is 1.89. The molecule has 186 valence electrons. The average Bonchev–Trinajstić information content (AvgIpc) is 2.76. The number of carbonyl (C=O) groups excluding carboxylic acids is 5. The number of aromatic hydroxyl groups is 1. The molecule has 0 heterocycles. The summed E-state index contributed by atoms with van der Waals surface area (Å²) < 4.78 is 0. The Morgan fingerprint density at radius 1 is 1.20 bits per heavy atom. The number of amides is 1. The summed E-state index contributed by atoms with van der Waals surface area (Å²) in [5, 5.41) is 22.2. The molecule has 0 radical (unpaired) electrons. The number of phenolic OH excluding ortho intramolecular Hbond substituents is 1. The van der Waals surface area contributed by atoms with Crippen LogP contribution in [-0.2, 0) is 25.6 Å². The number of allylic oxidation sites excluding steroid dienone is 2. The number of nitrogens with two attached hydrogens (primary N) is 1. The summed E-state index contributed by atoms with van der Waals surface area (Å²) in [6.07, 6.45) is 3.13. The van der Waals surface area contributed by atoms with Gasteiger partial charge in [0.05, 0.1) is 11.5 Å². The van der Waals surface area contributed by atoms with Crippen molar-refractivity contribution in [2.24, 2.45) is 41.2 Å². The number of rotatable bonds is 4. The van der Waals surface area contributed by atoms with Gasteiger partial charge in [-0.25, -0.2) is 0 Å². The number of benzene rings is 1. The predicted octanol–water partition coefficient (Wildman–Crippen LogP) is 2.02. The smallest absolute Gasteiger partial charge is 0.235 e. The minimum Gasteiger partial charge on any atom is -0.507 e. The molecular weight excluding hydrogens is 450 g/mol. The second-order valence-corrected chi connectivity index (χ2v) is 10.4. The van der Waals surface area contributed by atoms with Gasteiger partial charge in [0, 0.05) is 11.8 Å². The lowest BCUT2D eigenvalue weighted by Crippen LogP contribution is -2.71. The van der Waals surface area contributed by atoms with Gasteiger partial charge < -0.3 is 15.9 Å². The van der Waals surface area contributed by atoms with Crippen molar-refractivity contribution in [1.29, 1.82) is 0 Å². The van der Waals surface area contributed by atoms with E-state index in [1.807, 2.05) is 19.9 Å². The number of hydrogen-bond acceptors (Lipinski definition) is 7. The fraction of sp³-hybridized carbons (Fsp3) is 0.519. The first-order chi connectivity index (χ1) is 16.4. The van der Waals surface area contributed by atoms with E-state index < -0.39 is 64.2 Å². The zero-order chi connectivity index (χ0) is 26.0. The molecule has 4 N–H and O–H groups in total. The molecule has 1 aromatic rings. The fourth-order valence-electron chi connectivity index (χ4n) is 6.64. The lowest BCUT2D eigenvalue weighted by atomic mass is 9.49. The largest absolute Gasteiger partial charge is 0.507 e. The Morgan fingerprint density at radius 3 is 2.43 bits per heavy atom. The van der Waals surface area contributed by atoms with Crippen molar-refractivity contribution < 1.29 is 34.2 Å². The van der Waals surface area contributed by atoms with Gasteiger partial charge in [0.25, 0.3) is 0 Å². The normalized spacial score (nSPS) is 32.9. The van der Waals surface area contributed by atoms with Gasteiger partial charge in [0.15, 0.2) is 34.7 Å². The molecule has 2 fully saturated rings. The molecule has 3 aliphatic carbocycles. The maximum Gasteiger partial charge on any atom is 0.235 e. The topological polar surface area (TPSA) is 152 Å². The number of ketones is 4. The Labute approximate surface area is 203 Å². The van der Waals surface area contributed by atoms with E-state index in [2.05, 4.69) is 0 Å². The number of hydrogen-bond donors (Lipinski definition) is 3. The van der Waals surface area contributed by atoms with Crippen LogP contribution in [0.1, 0.15) is 62.0 Å². The molecular formula is C27H31NO7. The number of Topliss-reactive ketones (excluding diaryl/α,β-unsaturated/α-hetero) is 4. The zero-order valence-corrected chi connectivity index (χ0v) is 20.3. The van der Waals surface area contributed by atoms with E-state index in [0.717, 1.165) is 17.6 Å². The summed E-state index contributed by atoms with van der Waals surface area (Å²) in [4.78, 5) is 65.9. The van der Waals surface area contributed by atoms with Crippen LogP contribution in [0.5, 0.6) is 5.75 Å². The highest BCUT2D eigenvalue weighted by atomic mass is 16.3. The standard InChI is InChI=1S/C27H31NO7/c1-5-6-12(4)14-7-8-17(29)20-15(14)9-13-10-16-18(11(2)3)22(30)21(26(28)34)25(33)27(16,35)24(32)19(13)23(20)31/h6-8,11,13,16,18-19,21,29,35H,5,9-10H2,1-4H3,(H2,28,34)/t13-,16-,18-,19?,21?,27-/m0/s1. The van der Waals surface area contributed by atoms with Gasteiger partial charge in [0.2, 0.25) is 5.91 Å². The Hall–Kier alpha value is -3.13. The van der Waals surface area contributed by atoms with Gasteiger partial charge in [-0.1, -0.05) is 32.9 Å². The van der Waals surface area contributed by atoms with E-state index in [-0.39, 0.29) is 30.1 Å². The van der Waals surface area contributed by atoms with Crippen LogP contribution in [0.4, 0.5) is 0 Å². The summed E-state index contributed by atoms with van der Waals surface area (Å²) in [6, 6.07) is 3.15. The van der Waals surface area contributed by atoms with Crippen LogP contribution in [0.3, 0.4) is 0 Å². The van der Waals surface area contributed by atoms with Crippen molar-refractivity contribution in [3.8, 4) is 5.75 Å². The van der Waals surface area contributed by atoms with E-state index in [1.54, 1.807) is 19.9 Å². The van der Waals surface area contributed by atoms with Crippen molar-refractivity contribution in [3.63, 3.8) is 0 Å². The summed E-state index contributed by atoms with van der Waals surface area (Å²) in [7, 11) is 0. The first-order valence-corrected chi connectivity index (χ1v) is 12.1. The van der Waals surface area contributed by atoms with E-state index in [4.69, 9.17) is 5.73 Å². The molecule has 0 saturated heterocycles. The van der Waals surface area contributed by atoms with Gasteiger partial charge >= 0.3 is 0 Å². The van der Waals surface area contributed by atoms with Crippen molar-refractivity contribution in [2.45, 2.75) is 52.6 Å². The summed E-state index contributed by atoms with van der Waals surface area (Å²) in [5.74, 6) is -11.3. The van der Waals surface area contributed by atoms with Crippen molar-refractivity contribution in [1.82, 2.24) is 0 Å². The van der Waals surface area contributed by atoms with E-state index in [0.29, 0.717) is 5.56 Å². The molecule has 35 heavy (non-hydrogen) atoms. The molecule has 0 aliphatic heterocycles. The molecule has 0 aromatic heterocycles. The molecule has 8 nitrogen and oxygen atoms in total. The van der Waals surface area contributed by atoms with Gasteiger partial charge in [-0.3, -0.25) is 24.0 Å². The monoisotopic (exact) mass is 481 g/mol. The minimum absolute atomic E-state index is 0.0224. The fourth-order valence-corrected chi connectivity index (χ4v) is 6.64. The number of fused-ring (bicyclic) bond motifs is 3. The van der Waals surface area contributed by atoms with Crippen molar-refractivity contribution in [2.75, 3.05) is 0 Å². The third kappa shape index (κ3) is 3.41. The van der Waals surface area contributed by atoms with Crippen LogP contribution in [0, 0.1) is 35.5 Å². The second-order valence-electron chi connectivity index (χ2n) is 10.4. The molecule has 1 aromatic carbocycles. The molecule has 0 bridgehead atoms. The summed E-state index contributed by atoms with van der Waals surface area (Å²) >= 11 is 0. The predicted molar refractivity (Wildman–Crippen MR) is 126 cm³/mol. The highest BCUT2D eigenvalue weighted by Gasteiger charge is 2.69. The SMILES string of the molecule is CCC=C(C)c1ccc(O)c2c1C[C@H]1C[C@H]3[C@H](C(C)C)C(=O)C(C(N)=O)C(=O)[C@@]3(O)C(=O)C1C2=O. The lowest BCUT2D eigenvalue weighted by molar-refractivity contribution is -0.182. The van der Waals surface area contributed by atoms with Gasteiger partial charge in [-0.05, 0) is 60.8 Å². The first kappa shape index (κ1) is 25.0. The van der Waals surface area contributed by atoms with Gasteiger partial charge in [0.1, 0.15) is 5.75 Å². The van der Waals surface area contributed by atoms with Gasteiger partial charge in [-0.2, -0.15) is 0 Å². The summed E-state index contributed by atoms with van der Waals surface area (Å²) in [6.45, 7) is 7.35. The molecule has 6 atom stereocenters. The molecule has 8 heteroatoms. The quantitative estimate of drug-likeness (QED) is 0.556. The van der Waals surface area contributed by atoms with Crippen molar-refractivity contribution >= 4 is 34.6 Å². The minimum atomic E-state index is -2.66. The van der Waals surface area contributed by atoms with Crippen LogP contribution >= 0.6 is 0 Å². The average molecular weight is 482 g/mol. The molecule has 2 saturated carbocycles. The van der Waals surface area contributed by atoms with Gasteiger partial charge in [-0.15, -0.1) is 0 Å². The molecule has 1 amide bonds. The van der Waals surface area contributed by atoms with Crippen LogP contribution in [0.25, 0.3) is 5.57 Å². The van der Waals surface area contributed by atoms with Crippen LogP contribution in [0.2, 0.25) is 0 Å². The Bertz CT molecular complexity index is 1200. The van der Waals surface area contributed by atoms with E-state index >= 15 is 0 Å². The highest BCUT2D eigenvalue weighted by Crippen LogP contribution is 2.53. The van der Waals surface area contributed by atoms with Crippen LogP contribution < -0.4 is 5.73 Å². The molecule has 0 spiro atoms. The zero-order valence-electron chi connectivity index (χ0n) is 20.3. The van der Waals surface area contributed by atoms with Crippen molar-refractivity contribution in [3.05, 3.63) is 34.9 Å². The number of primary amides is 1. The number of phenols is 1. The van der Waals surface area contributed by atoms with E-state index in [1.165, 1.54) is 6.07 Å². The second kappa shape index (κ2) is 8.52. The maximum absolute atomic E-state index is 13.8. The number of carbonyl (C=O) groups is 5. The number of aliphatic hydroxyl groups is 1. The summed E-state index contributed by atoms with van der Waals surface area (Å²) in [5.41, 5.74) is 5.05. The maximum atomic E-state index is 13.8. The first-order valence-electron chi connectivity index (χ1n) is 12.1. The third-order valence-corrected chi connectivity index (χ3v) is 8.13. The van der Waals surface area contributed by atoms with Crippen LogP contribution in [0.15, 0.2) is 18.2 Å². The molecule has 3 aliphatic rings.